The highest BCUT2D eigenvalue weighted by Gasteiger charge is 2.20. The van der Waals surface area contributed by atoms with E-state index < -0.39 is 5.97 Å². The zero-order valence-corrected chi connectivity index (χ0v) is 12.8. The van der Waals surface area contributed by atoms with Crippen molar-refractivity contribution in [2.75, 3.05) is 6.61 Å². The summed E-state index contributed by atoms with van der Waals surface area (Å²) >= 11 is 1.56. The molecule has 1 amide bonds. The normalized spacial score (nSPS) is 12.0. The molecule has 0 spiro atoms. The lowest BCUT2D eigenvalue weighted by Gasteiger charge is -2.12. The first-order chi connectivity index (χ1) is 9.99. The van der Waals surface area contributed by atoms with E-state index in [-0.39, 0.29) is 24.1 Å². The summed E-state index contributed by atoms with van der Waals surface area (Å²) in [4.78, 5) is 24.7. The van der Waals surface area contributed by atoms with Gasteiger partial charge in [-0.25, -0.2) is 4.79 Å². The first-order valence-electron chi connectivity index (χ1n) is 6.41. The third-order valence-corrected chi connectivity index (χ3v) is 3.97. The van der Waals surface area contributed by atoms with Crippen molar-refractivity contribution in [3.05, 3.63) is 39.4 Å². The molecule has 0 radical (unpaired) electrons. The van der Waals surface area contributed by atoms with Crippen LogP contribution in [0.5, 0.6) is 0 Å². The van der Waals surface area contributed by atoms with Gasteiger partial charge in [0.2, 0.25) is 0 Å². The zero-order valence-electron chi connectivity index (χ0n) is 12.0. The van der Waals surface area contributed by atoms with E-state index in [9.17, 15) is 9.59 Å². The predicted molar refractivity (Wildman–Crippen MR) is 77.1 cm³/mol. The number of aryl methyl sites for hydroxylation is 2. The second kappa shape index (κ2) is 6.53. The van der Waals surface area contributed by atoms with Crippen LogP contribution in [0.2, 0.25) is 0 Å². The first kappa shape index (κ1) is 15.2. The third kappa shape index (κ3) is 3.69. The Kier molecular flexibility index (Phi) is 4.74. The van der Waals surface area contributed by atoms with E-state index in [0.29, 0.717) is 11.5 Å². The Balaban J connectivity index is 1.85. The summed E-state index contributed by atoms with van der Waals surface area (Å²) < 4.78 is 9.87. The molecule has 0 unspecified atom stereocenters. The number of amides is 1. The average molecular weight is 308 g/mol. The van der Waals surface area contributed by atoms with Crippen LogP contribution in [0.25, 0.3) is 0 Å². The van der Waals surface area contributed by atoms with Crippen molar-refractivity contribution in [3.8, 4) is 0 Å². The van der Waals surface area contributed by atoms with E-state index >= 15 is 0 Å². The number of rotatable bonds is 5. The van der Waals surface area contributed by atoms with Gasteiger partial charge in [-0.3, -0.25) is 4.79 Å². The van der Waals surface area contributed by atoms with Gasteiger partial charge >= 0.3 is 5.97 Å². The zero-order chi connectivity index (χ0) is 15.4. The summed E-state index contributed by atoms with van der Waals surface area (Å²) in [5, 5.41) is 8.38. The number of hydrogen-bond acceptors (Lipinski definition) is 6. The van der Waals surface area contributed by atoms with E-state index in [1.165, 1.54) is 0 Å². The van der Waals surface area contributed by atoms with Gasteiger partial charge in [0.1, 0.15) is 11.3 Å². The Labute approximate surface area is 126 Å². The molecule has 0 aliphatic heterocycles. The predicted octanol–water partition coefficient (Wildman–Crippen LogP) is 2.39. The quantitative estimate of drug-likeness (QED) is 0.858. The topological polar surface area (TPSA) is 81.4 Å². The van der Waals surface area contributed by atoms with E-state index in [2.05, 4.69) is 10.5 Å². The van der Waals surface area contributed by atoms with Crippen molar-refractivity contribution in [2.45, 2.75) is 26.8 Å². The van der Waals surface area contributed by atoms with Crippen molar-refractivity contribution in [2.24, 2.45) is 0 Å². The van der Waals surface area contributed by atoms with Gasteiger partial charge < -0.3 is 14.6 Å². The Morgan fingerprint density at radius 3 is 2.81 bits per heavy atom. The van der Waals surface area contributed by atoms with Crippen molar-refractivity contribution in [1.82, 2.24) is 10.5 Å². The summed E-state index contributed by atoms with van der Waals surface area (Å²) in [6.45, 7) is 4.81. The second-order valence-corrected chi connectivity index (χ2v) is 5.56. The van der Waals surface area contributed by atoms with Gasteiger partial charge in [0.05, 0.1) is 11.7 Å². The van der Waals surface area contributed by atoms with Gasteiger partial charge in [0.15, 0.2) is 6.61 Å². The minimum Gasteiger partial charge on any atom is -0.452 e. The molecule has 0 bridgehead atoms. The SMILES string of the molecule is Cc1noc(C)c1C(=O)OCC(=O)N[C@@H](C)c1cccs1. The summed E-state index contributed by atoms with van der Waals surface area (Å²) in [6.07, 6.45) is 0. The maximum atomic E-state index is 11.9. The fourth-order valence-electron chi connectivity index (χ4n) is 1.87. The summed E-state index contributed by atoms with van der Waals surface area (Å²) in [6, 6.07) is 3.74. The molecule has 0 saturated heterocycles. The molecule has 21 heavy (non-hydrogen) atoms. The Bertz CT molecular complexity index is 614. The smallest absolute Gasteiger partial charge is 0.344 e. The van der Waals surface area contributed by atoms with Gasteiger partial charge in [-0.1, -0.05) is 11.2 Å². The largest absolute Gasteiger partial charge is 0.452 e. The molecular weight excluding hydrogens is 292 g/mol. The molecular formula is C14H16N2O4S. The molecule has 2 aromatic rings. The molecule has 0 saturated carbocycles. The van der Waals surface area contributed by atoms with Crippen LogP contribution in [-0.4, -0.2) is 23.6 Å². The number of nitrogens with one attached hydrogen (secondary N) is 1. The number of thiophene rings is 1. The van der Waals surface area contributed by atoms with Gasteiger partial charge in [0, 0.05) is 4.88 Å². The standard InChI is InChI=1S/C14H16N2O4S/c1-8(11-5-4-6-21-11)15-12(17)7-19-14(18)13-9(2)16-20-10(13)3/h4-6,8H,7H2,1-3H3,(H,15,17)/t8-/m0/s1. The van der Waals surface area contributed by atoms with Crippen LogP contribution in [0.1, 0.15) is 39.7 Å². The summed E-state index contributed by atoms with van der Waals surface area (Å²) in [5.74, 6) is -0.578. The molecule has 1 N–H and O–H groups in total. The number of hydrogen-bond donors (Lipinski definition) is 1. The van der Waals surface area contributed by atoms with Crippen molar-refractivity contribution < 1.29 is 18.8 Å². The van der Waals surface area contributed by atoms with Crippen LogP contribution in [0.15, 0.2) is 22.0 Å². The van der Waals surface area contributed by atoms with Crippen LogP contribution in [0, 0.1) is 13.8 Å². The van der Waals surface area contributed by atoms with Crippen LogP contribution >= 0.6 is 11.3 Å². The van der Waals surface area contributed by atoms with Gasteiger partial charge in [-0.15, -0.1) is 11.3 Å². The average Bonchev–Trinajstić information content (AvgIpc) is 3.06. The molecule has 0 aliphatic carbocycles. The molecule has 0 aromatic carbocycles. The fourth-order valence-corrected chi connectivity index (χ4v) is 2.60. The minimum atomic E-state index is -0.606. The van der Waals surface area contributed by atoms with E-state index in [1.54, 1.807) is 25.2 Å². The molecule has 6 nitrogen and oxygen atoms in total. The Morgan fingerprint density at radius 1 is 1.48 bits per heavy atom. The monoisotopic (exact) mass is 308 g/mol. The van der Waals surface area contributed by atoms with Crippen LogP contribution in [0.4, 0.5) is 0 Å². The van der Waals surface area contributed by atoms with Gasteiger partial charge in [0.25, 0.3) is 5.91 Å². The highest BCUT2D eigenvalue weighted by atomic mass is 32.1. The first-order valence-corrected chi connectivity index (χ1v) is 7.29. The van der Waals surface area contributed by atoms with Crippen LogP contribution < -0.4 is 5.32 Å². The van der Waals surface area contributed by atoms with Crippen molar-refractivity contribution in [1.29, 1.82) is 0 Å². The molecule has 2 aromatic heterocycles. The fraction of sp³-hybridized carbons (Fsp3) is 0.357. The lowest BCUT2D eigenvalue weighted by molar-refractivity contribution is -0.124. The molecule has 2 rings (SSSR count). The highest BCUT2D eigenvalue weighted by Crippen LogP contribution is 2.18. The van der Waals surface area contributed by atoms with E-state index in [1.807, 2.05) is 24.4 Å². The number of ether oxygens (including phenoxy) is 1. The molecule has 7 heteroatoms. The summed E-state index contributed by atoms with van der Waals surface area (Å²) in [5.41, 5.74) is 0.721. The molecule has 2 heterocycles. The molecule has 0 aliphatic rings. The van der Waals surface area contributed by atoms with Crippen molar-refractivity contribution in [3.63, 3.8) is 0 Å². The number of esters is 1. The van der Waals surface area contributed by atoms with Gasteiger partial charge in [-0.2, -0.15) is 0 Å². The minimum absolute atomic E-state index is 0.115. The van der Waals surface area contributed by atoms with Gasteiger partial charge in [-0.05, 0) is 32.2 Å². The van der Waals surface area contributed by atoms with E-state index in [4.69, 9.17) is 9.26 Å². The number of carbonyl (C=O) groups is 2. The molecule has 1 atom stereocenters. The Morgan fingerprint density at radius 2 is 2.24 bits per heavy atom. The maximum absolute atomic E-state index is 11.9. The number of carbonyl (C=O) groups excluding carboxylic acids is 2. The maximum Gasteiger partial charge on any atom is 0.344 e. The Hall–Kier alpha value is -2.15. The second-order valence-electron chi connectivity index (χ2n) is 4.58. The molecule has 112 valence electrons. The lowest BCUT2D eigenvalue weighted by Crippen LogP contribution is -2.30. The van der Waals surface area contributed by atoms with Crippen LogP contribution in [-0.2, 0) is 9.53 Å². The highest BCUT2D eigenvalue weighted by molar-refractivity contribution is 7.10. The van der Waals surface area contributed by atoms with Crippen LogP contribution in [0.3, 0.4) is 0 Å². The van der Waals surface area contributed by atoms with Crippen molar-refractivity contribution >= 4 is 23.2 Å². The van der Waals surface area contributed by atoms with E-state index in [0.717, 1.165) is 4.88 Å². The lowest BCUT2D eigenvalue weighted by atomic mass is 10.2. The molecule has 0 fully saturated rings. The summed E-state index contributed by atoms with van der Waals surface area (Å²) in [7, 11) is 0. The number of nitrogens with zero attached hydrogens (tertiary/aromatic N) is 1. The third-order valence-electron chi connectivity index (χ3n) is 2.92. The number of aromatic nitrogens is 1.